The molecule has 1 rings (SSSR count). The van der Waals surface area contributed by atoms with Crippen LogP contribution in [0.1, 0.15) is 31.9 Å². The predicted octanol–water partition coefficient (Wildman–Crippen LogP) is 2.29. The van der Waals surface area contributed by atoms with Crippen LogP contribution < -0.4 is 4.90 Å². The Morgan fingerprint density at radius 2 is 2.11 bits per heavy atom. The zero-order valence-corrected chi connectivity index (χ0v) is 11.5. The molecule has 0 aliphatic heterocycles. The Morgan fingerprint density at radius 3 is 2.63 bits per heavy atom. The van der Waals surface area contributed by atoms with Gasteiger partial charge in [-0.3, -0.25) is 10.1 Å². The Hall–Kier alpha value is -1.69. The van der Waals surface area contributed by atoms with Crippen molar-refractivity contribution in [3.8, 4) is 0 Å². The summed E-state index contributed by atoms with van der Waals surface area (Å²) in [6.45, 7) is 5.10. The van der Waals surface area contributed by atoms with Crippen LogP contribution in [0.5, 0.6) is 0 Å². The van der Waals surface area contributed by atoms with Crippen molar-refractivity contribution in [1.82, 2.24) is 4.98 Å². The molecule has 6 nitrogen and oxygen atoms in total. The van der Waals surface area contributed by atoms with Crippen LogP contribution >= 0.6 is 0 Å². The average Bonchev–Trinajstić information content (AvgIpc) is 2.37. The molecule has 1 N–H and O–H groups in total. The van der Waals surface area contributed by atoms with Crippen molar-refractivity contribution in [1.29, 1.82) is 0 Å². The van der Waals surface area contributed by atoms with Gasteiger partial charge in [0, 0.05) is 19.2 Å². The first kappa shape index (κ1) is 15.4. The van der Waals surface area contributed by atoms with Gasteiger partial charge in [-0.25, -0.2) is 4.98 Å². The fourth-order valence-electron chi connectivity index (χ4n) is 1.92. The largest absolute Gasteiger partial charge is 0.395 e. The number of rotatable bonds is 8. The van der Waals surface area contributed by atoms with Gasteiger partial charge in [-0.2, -0.15) is 0 Å². The zero-order chi connectivity index (χ0) is 14.3. The van der Waals surface area contributed by atoms with Gasteiger partial charge in [-0.15, -0.1) is 0 Å². The summed E-state index contributed by atoms with van der Waals surface area (Å²) >= 11 is 0. The van der Waals surface area contributed by atoms with Crippen LogP contribution in [-0.2, 0) is 0 Å². The molecule has 0 aromatic carbocycles. The summed E-state index contributed by atoms with van der Waals surface area (Å²) in [5, 5.41) is 19.8. The lowest BCUT2D eigenvalue weighted by molar-refractivity contribution is -0.385. The Bertz CT molecular complexity index is 424. The molecule has 0 aliphatic rings. The molecule has 1 aromatic heterocycles. The molecule has 0 saturated heterocycles. The van der Waals surface area contributed by atoms with E-state index in [2.05, 4.69) is 11.9 Å². The summed E-state index contributed by atoms with van der Waals surface area (Å²) in [6.07, 6.45) is 3.27. The number of aliphatic hydroxyl groups is 1. The smallest absolute Gasteiger partial charge is 0.290 e. The van der Waals surface area contributed by atoms with E-state index < -0.39 is 4.92 Å². The van der Waals surface area contributed by atoms with Crippen LogP contribution in [0.15, 0.2) is 12.1 Å². The Morgan fingerprint density at radius 1 is 1.37 bits per heavy atom. The standard InChI is InChI=1S/C13H21N3O3/c1-3-4-5-8-15(9-10-17)13-7-6-12(16(18)19)11(2)14-13/h6-7,17H,3-5,8-10H2,1-2H3. The summed E-state index contributed by atoms with van der Waals surface area (Å²) in [5.74, 6) is 0.688. The molecule has 0 bridgehead atoms. The second kappa shape index (κ2) is 7.68. The van der Waals surface area contributed by atoms with E-state index >= 15 is 0 Å². The molecule has 0 aliphatic carbocycles. The molecule has 0 amide bonds. The normalized spacial score (nSPS) is 10.5. The molecule has 1 aromatic rings. The van der Waals surface area contributed by atoms with Crippen molar-refractivity contribution in [2.24, 2.45) is 0 Å². The fraction of sp³-hybridized carbons (Fsp3) is 0.615. The molecule has 19 heavy (non-hydrogen) atoms. The van der Waals surface area contributed by atoms with Crippen LogP contribution in [-0.4, -0.2) is 34.7 Å². The molecular weight excluding hydrogens is 246 g/mol. The van der Waals surface area contributed by atoms with Crippen LogP contribution in [0.3, 0.4) is 0 Å². The van der Waals surface area contributed by atoms with Gasteiger partial charge in [0.2, 0.25) is 0 Å². The van der Waals surface area contributed by atoms with Crippen LogP contribution in [0.2, 0.25) is 0 Å². The topological polar surface area (TPSA) is 79.5 Å². The minimum absolute atomic E-state index is 0.0289. The number of aryl methyl sites for hydroxylation is 1. The number of anilines is 1. The summed E-state index contributed by atoms with van der Waals surface area (Å²) in [6, 6.07) is 3.12. The summed E-state index contributed by atoms with van der Waals surface area (Å²) in [5.41, 5.74) is 0.433. The van der Waals surface area contributed by atoms with E-state index in [9.17, 15) is 10.1 Å². The first-order valence-electron chi connectivity index (χ1n) is 6.58. The Balaban J connectivity index is 2.84. The number of hydrogen-bond donors (Lipinski definition) is 1. The number of aromatic nitrogens is 1. The highest BCUT2D eigenvalue weighted by atomic mass is 16.6. The third kappa shape index (κ3) is 4.48. The van der Waals surface area contributed by atoms with Gasteiger partial charge in [-0.05, 0) is 19.4 Å². The maximum absolute atomic E-state index is 10.8. The molecule has 0 radical (unpaired) electrons. The van der Waals surface area contributed by atoms with Crippen molar-refractivity contribution in [2.45, 2.75) is 33.1 Å². The van der Waals surface area contributed by atoms with Crippen molar-refractivity contribution < 1.29 is 10.0 Å². The summed E-state index contributed by atoms with van der Waals surface area (Å²) in [4.78, 5) is 16.6. The van der Waals surface area contributed by atoms with E-state index in [4.69, 9.17) is 5.11 Å². The summed E-state index contributed by atoms with van der Waals surface area (Å²) in [7, 11) is 0. The minimum atomic E-state index is -0.431. The van der Waals surface area contributed by atoms with E-state index in [1.54, 1.807) is 13.0 Å². The molecule has 0 atom stereocenters. The van der Waals surface area contributed by atoms with Gasteiger partial charge in [-0.1, -0.05) is 19.8 Å². The third-order valence-electron chi connectivity index (χ3n) is 2.97. The van der Waals surface area contributed by atoms with E-state index in [1.165, 1.54) is 6.07 Å². The van der Waals surface area contributed by atoms with Gasteiger partial charge >= 0.3 is 0 Å². The third-order valence-corrected chi connectivity index (χ3v) is 2.97. The number of pyridine rings is 1. The molecule has 106 valence electrons. The number of aliphatic hydroxyl groups excluding tert-OH is 1. The number of unbranched alkanes of at least 4 members (excludes halogenated alkanes) is 2. The van der Waals surface area contributed by atoms with E-state index in [-0.39, 0.29) is 12.3 Å². The highest BCUT2D eigenvalue weighted by Gasteiger charge is 2.14. The molecule has 0 fully saturated rings. The highest BCUT2D eigenvalue weighted by molar-refractivity contribution is 5.46. The first-order valence-corrected chi connectivity index (χ1v) is 6.58. The van der Waals surface area contributed by atoms with Crippen molar-refractivity contribution in [3.63, 3.8) is 0 Å². The maximum atomic E-state index is 10.8. The number of hydrogen-bond acceptors (Lipinski definition) is 5. The maximum Gasteiger partial charge on any atom is 0.290 e. The molecule has 0 saturated carbocycles. The highest BCUT2D eigenvalue weighted by Crippen LogP contribution is 2.20. The van der Waals surface area contributed by atoms with Crippen molar-refractivity contribution in [3.05, 3.63) is 27.9 Å². The van der Waals surface area contributed by atoms with Crippen LogP contribution in [0.4, 0.5) is 11.5 Å². The lowest BCUT2D eigenvalue weighted by atomic mass is 10.2. The number of nitrogens with zero attached hydrogens (tertiary/aromatic N) is 3. The van der Waals surface area contributed by atoms with E-state index in [0.717, 1.165) is 25.8 Å². The predicted molar refractivity (Wildman–Crippen MR) is 74.5 cm³/mol. The SMILES string of the molecule is CCCCCN(CCO)c1ccc([N+](=O)[O-])c(C)n1. The molecule has 1 heterocycles. The molecule has 0 unspecified atom stereocenters. The Kier molecular flexibility index (Phi) is 6.21. The van der Waals surface area contributed by atoms with Gasteiger partial charge < -0.3 is 10.0 Å². The van der Waals surface area contributed by atoms with Gasteiger partial charge in [0.15, 0.2) is 0 Å². The quantitative estimate of drug-likeness (QED) is 0.444. The second-order valence-corrected chi connectivity index (χ2v) is 4.45. The van der Waals surface area contributed by atoms with Gasteiger partial charge in [0.05, 0.1) is 11.5 Å². The van der Waals surface area contributed by atoms with Crippen molar-refractivity contribution >= 4 is 11.5 Å². The van der Waals surface area contributed by atoms with Crippen molar-refractivity contribution in [2.75, 3.05) is 24.6 Å². The summed E-state index contributed by atoms with van der Waals surface area (Å²) < 4.78 is 0. The van der Waals surface area contributed by atoms with E-state index in [1.807, 2.05) is 4.90 Å². The zero-order valence-electron chi connectivity index (χ0n) is 11.5. The van der Waals surface area contributed by atoms with Gasteiger partial charge in [0.1, 0.15) is 11.5 Å². The van der Waals surface area contributed by atoms with E-state index in [0.29, 0.717) is 18.1 Å². The average molecular weight is 267 g/mol. The Labute approximate surface area is 113 Å². The molecule has 0 spiro atoms. The monoisotopic (exact) mass is 267 g/mol. The second-order valence-electron chi connectivity index (χ2n) is 4.45. The first-order chi connectivity index (χ1) is 9.10. The number of nitro groups is 1. The molecule has 6 heteroatoms. The lowest BCUT2D eigenvalue weighted by Crippen LogP contribution is -2.28. The van der Waals surface area contributed by atoms with Crippen LogP contribution in [0, 0.1) is 17.0 Å². The fourth-order valence-corrected chi connectivity index (χ4v) is 1.92. The minimum Gasteiger partial charge on any atom is -0.395 e. The molecular formula is C13H21N3O3. The lowest BCUT2D eigenvalue weighted by Gasteiger charge is -2.22. The van der Waals surface area contributed by atoms with Crippen LogP contribution in [0.25, 0.3) is 0 Å². The van der Waals surface area contributed by atoms with Gasteiger partial charge in [0.25, 0.3) is 5.69 Å².